The molecule has 0 aromatic heterocycles. The van der Waals surface area contributed by atoms with Gasteiger partial charge in [0.2, 0.25) is 11.8 Å². The number of amides is 2. The molecule has 0 unspecified atom stereocenters. The largest absolute Gasteiger partial charge is 0.368 e. The molecule has 5 heteroatoms. The number of anilines is 2. The van der Waals surface area contributed by atoms with Gasteiger partial charge in [-0.25, -0.2) is 0 Å². The lowest BCUT2D eigenvalue weighted by molar-refractivity contribution is -0.134. The van der Waals surface area contributed by atoms with Crippen molar-refractivity contribution in [2.75, 3.05) is 36.4 Å². The van der Waals surface area contributed by atoms with E-state index in [-0.39, 0.29) is 17.7 Å². The van der Waals surface area contributed by atoms with Gasteiger partial charge in [-0.3, -0.25) is 9.59 Å². The van der Waals surface area contributed by atoms with E-state index in [0.29, 0.717) is 6.42 Å². The van der Waals surface area contributed by atoms with Gasteiger partial charge < -0.3 is 15.1 Å². The molecule has 2 amide bonds. The van der Waals surface area contributed by atoms with E-state index in [2.05, 4.69) is 29.3 Å². The predicted octanol–water partition coefficient (Wildman–Crippen LogP) is 4.29. The summed E-state index contributed by atoms with van der Waals surface area (Å²) in [5.41, 5.74) is 2.00. The second kappa shape index (κ2) is 11.0. The zero-order chi connectivity index (χ0) is 19.6. The Labute approximate surface area is 164 Å². The molecule has 1 fully saturated rings. The van der Waals surface area contributed by atoms with Crippen LogP contribution in [0.4, 0.5) is 11.4 Å². The van der Waals surface area contributed by atoms with Crippen molar-refractivity contribution in [1.29, 1.82) is 0 Å². The van der Waals surface area contributed by atoms with Crippen LogP contribution in [0.2, 0.25) is 0 Å². The fourth-order valence-corrected chi connectivity index (χ4v) is 3.42. The summed E-state index contributed by atoms with van der Waals surface area (Å²) in [6.45, 7) is 9.34. The molecule has 0 bridgehead atoms. The summed E-state index contributed by atoms with van der Waals surface area (Å²) < 4.78 is 0. The minimum Gasteiger partial charge on any atom is -0.368 e. The summed E-state index contributed by atoms with van der Waals surface area (Å²) in [5.74, 6) is 0.397. The van der Waals surface area contributed by atoms with Crippen LogP contribution in [0.25, 0.3) is 0 Å². The summed E-state index contributed by atoms with van der Waals surface area (Å²) in [4.78, 5) is 28.4. The number of carbonyl (C=O) groups is 2. The molecule has 0 aliphatic carbocycles. The first-order chi connectivity index (χ1) is 13.0. The van der Waals surface area contributed by atoms with Gasteiger partial charge in [0.1, 0.15) is 0 Å². The maximum absolute atomic E-state index is 12.1. The van der Waals surface area contributed by atoms with Gasteiger partial charge in [0.25, 0.3) is 0 Å². The molecular weight excluding hydrogens is 338 g/mol. The van der Waals surface area contributed by atoms with E-state index in [4.69, 9.17) is 0 Å². The van der Waals surface area contributed by atoms with E-state index in [0.717, 1.165) is 50.4 Å². The highest BCUT2D eigenvalue weighted by molar-refractivity contribution is 5.90. The molecule has 1 N–H and O–H groups in total. The van der Waals surface area contributed by atoms with Gasteiger partial charge in [-0.2, -0.15) is 0 Å². The van der Waals surface area contributed by atoms with E-state index in [1.165, 1.54) is 19.3 Å². The SMILES string of the molecule is CCCCCCCC(=O)Nc1ccc(N2CCN(C(=O)C(C)C)CC2)cc1. The fourth-order valence-electron chi connectivity index (χ4n) is 3.42. The Bertz CT molecular complexity index is 590. The maximum Gasteiger partial charge on any atom is 0.225 e. The molecule has 0 saturated carbocycles. The van der Waals surface area contributed by atoms with E-state index >= 15 is 0 Å². The maximum atomic E-state index is 12.1. The van der Waals surface area contributed by atoms with Crippen molar-refractivity contribution in [3.63, 3.8) is 0 Å². The summed E-state index contributed by atoms with van der Waals surface area (Å²) in [5, 5.41) is 2.99. The number of rotatable bonds is 9. The lowest BCUT2D eigenvalue weighted by Crippen LogP contribution is -2.49. The lowest BCUT2D eigenvalue weighted by atomic mass is 10.1. The number of unbranched alkanes of at least 4 members (excludes halogenated alkanes) is 4. The molecule has 0 radical (unpaired) electrons. The highest BCUT2D eigenvalue weighted by Crippen LogP contribution is 2.20. The molecule has 1 aromatic carbocycles. The number of nitrogens with one attached hydrogen (secondary N) is 1. The Morgan fingerprint density at radius 2 is 1.59 bits per heavy atom. The third-order valence-corrected chi connectivity index (χ3v) is 5.11. The minimum absolute atomic E-state index is 0.0612. The second-order valence-electron chi connectivity index (χ2n) is 7.73. The van der Waals surface area contributed by atoms with Gasteiger partial charge in [-0.15, -0.1) is 0 Å². The molecule has 1 aliphatic rings. The molecule has 1 heterocycles. The standard InChI is InChI=1S/C22H35N3O2/c1-4-5-6-7-8-9-21(26)23-19-10-12-20(13-11-19)24-14-16-25(17-15-24)22(27)18(2)3/h10-13,18H,4-9,14-17H2,1-3H3,(H,23,26). The molecule has 2 rings (SSSR count). The van der Waals surface area contributed by atoms with Crippen molar-refractivity contribution in [3.05, 3.63) is 24.3 Å². The van der Waals surface area contributed by atoms with Crippen LogP contribution in [0.1, 0.15) is 59.3 Å². The van der Waals surface area contributed by atoms with Gasteiger partial charge in [-0.05, 0) is 30.7 Å². The van der Waals surface area contributed by atoms with Crippen molar-refractivity contribution in [2.45, 2.75) is 59.3 Å². The average Bonchev–Trinajstić information content (AvgIpc) is 2.68. The van der Waals surface area contributed by atoms with Gasteiger partial charge in [0, 0.05) is 49.9 Å². The first-order valence-electron chi connectivity index (χ1n) is 10.4. The molecule has 150 valence electrons. The summed E-state index contributed by atoms with van der Waals surface area (Å²) >= 11 is 0. The van der Waals surface area contributed by atoms with Crippen LogP contribution in [0, 0.1) is 5.92 Å². The number of nitrogens with zero attached hydrogens (tertiary/aromatic N) is 2. The average molecular weight is 374 g/mol. The fraction of sp³-hybridized carbons (Fsp3) is 0.636. The van der Waals surface area contributed by atoms with Crippen molar-refractivity contribution in [2.24, 2.45) is 5.92 Å². The summed E-state index contributed by atoms with van der Waals surface area (Å²) in [6, 6.07) is 8.04. The molecule has 1 aromatic rings. The zero-order valence-electron chi connectivity index (χ0n) is 17.2. The van der Waals surface area contributed by atoms with Crippen LogP contribution >= 0.6 is 0 Å². The number of carbonyl (C=O) groups excluding carboxylic acids is 2. The third-order valence-electron chi connectivity index (χ3n) is 5.11. The number of hydrogen-bond acceptors (Lipinski definition) is 3. The molecule has 0 spiro atoms. The third kappa shape index (κ3) is 6.89. The number of hydrogen-bond donors (Lipinski definition) is 1. The normalized spacial score (nSPS) is 14.5. The van der Waals surface area contributed by atoms with Crippen molar-refractivity contribution in [3.8, 4) is 0 Å². The molecule has 0 atom stereocenters. The van der Waals surface area contributed by atoms with Crippen molar-refractivity contribution >= 4 is 23.2 Å². The van der Waals surface area contributed by atoms with Crippen LogP contribution in [-0.2, 0) is 9.59 Å². The molecule has 1 aliphatic heterocycles. The predicted molar refractivity (Wildman–Crippen MR) is 112 cm³/mol. The number of benzene rings is 1. The van der Waals surface area contributed by atoms with E-state index < -0.39 is 0 Å². The van der Waals surface area contributed by atoms with Crippen LogP contribution in [0.3, 0.4) is 0 Å². The highest BCUT2D eigenvalue weighted by Gasteiger charge is 2.22. The monoisotopic (exact) mass is 373 g/mol. The second-order valence-corrected chi connectivity index (χ2v) is 7.73. The zero-order valence-corrected chi connectivity index (χ0v) is 17.2. The van der Waals surface area contributed by atoms with Crippen LogP contribution in [-0.4, -0.2) is 42.9 Å². The van der Waals surface area contributed by atoms with Gasteiger partial charge in [0.15, 0.2) is 0 Å². The van der Waals surface area contributed by atoms with E-state index in [1.807, 2.05) is 30.9 Å². The summed E-state index contributed by atoms with van der Waals surface area (Å²) in [6.07, 6.45) is 6.38. The summed E-state index contributed by atoms with van der Waals surface area (Å²) in [7, 11) is 0. The van der Waals surface area contributed by atoms with E-state index in [1.54, 1.807) is 0 Å². The smallest absolute Gasteiger partial charge is 0.225 e. The van der Waals surface area contributed by atoms with E-state index in [9.17, 15) is 9.59 Å². The highest BCUT2D eigenvalue weighted by atomic mass is 16.2. The van der Waals surface area contributed by atoms with Gasteiger partial charge >= 0.3 is 0 Å². The minimum atomic E-state index is 0.0612. The first kappa shape index (κ1) is 21.3. The molecule has 27 heavy (non-hydrogen) atoms. The Balaban J connectivity index is 1.75. The first-order valence-corrected chi connectivity index (χ1v) is 10.4. The van der Waals surface area contributed by atoms with Crippen molar-refractivity contribution in [1.82, 2.24) is 4.90 Å². The topological polar surface area (TPSA) is 52.7 Å². The van der Waals surface area contributed by atoms with Crippen LogP contribution < -0.4 is 10.2 Å². The molecule has 5 nitrogen and oxygen atoms in total. The number of piperazine rings is 1. The Kier molecular flexibility index (Phi) is 8.62. The Morgan fingerprint density at radius 3 is 2.19 bits per heavy atom. The van der Waals surface area contributed by atoms with Gasteiger partial charge in [-0.1, -0.05) is 46.5 Å². The van der Waals surface area contributed by atoms with Crippen LogP contribution in [0.5, 0.6) is 0 Å². The molecular formula is C22H35N3O2. The quantitative estimate of drug-likeness (QED) is 0.657. The Hall–Kier alpha value is -2.04. The van der Waals surface area contributed by atoms with Crippen LogP contribution in [0.15, 0.2) is 24.3 Å². The lowest BCUT2D eigenvalue weighted by Gasteiger charge is -2.37. The van der Waals surface area contributed by atoms with Crippen molar-refractivity contribution < 1.29 is 9.59 Å². The molecule has 1 saturated heterocycles. The van der Waals surface area contributed by atoms with Gasteiger partial charge in [0.05, 0.1) is 0 Å². The Morgan fingerprint density at radius 1 is 0.963 bits per heavy atom.